The first-order valence-electron chi connectivity index (χ1n) is 9.97. The highest BCUT2D eigenvalue weighted by molar-refractivity contribution is 7.89. The molecule has 0 saturated carbocycles. The number of fused-ring (bicyclic) bond motifs is 1. The highest BCUT2D eigenvalue weighted by Crippen LogP contribution is 2.25. The minimum atomic E-state index is -3.69. The zero-order valence-corrected chi connectivity index (χ0v) is 17.0. The average Bonchev–Trinajstić information content (AvgIpc) is 3.17. The molecule has 2 aromatic carbocycles. The largest absolute Gasteiger partial charge is 0.361 e. The van der Waals surface area contributed by atoms with Crippen molar-refractivity contribution in [2.75, 3.05) is 13.1 Å². The molecule has 4 rings (SSSR count). The lowest BCUT2D eigenvalue weighted by atomic mass is 10.0. The molecule has 1 aliphatic heterocycles. The maximum Gasteiger partial charge on any atom is 0.243 e. The first-order chi connectivity index (χ1) is 14.1. The molecule has 152 valence electrons. The van der Waals surface area contributed by atoms with Crippen molar-refractivity contribution in [2.45, 2.75) is 36.6 Å². The second kappa shape index (κ2) is 8.39. The molecule has 3 aromatic rings. The van der Waals surface area contributed by atoms with Crippen molar-refractivity contribution >= 4 is 26.8 Å². The van der Waals surface area contributed by atoms with E-state index >= 15 is 0 Å². The van der Waals surface area contributed by atoms with Crippen LogP contribution >= 0.6 is 0 Å². The summed E-state index contributed by atoms with van der Waals surface area (Å²) in [5.41, 5.74) is 2.21. The molecule has 1 aliphatic rings. The molecule has 1 saturated heterocycles. The van der Waals surface area contributed by atoms with E-state index in [-0.39, 0.29) is 10.8 Å². The maximum atomic E-state index is 13.1. The average molecular weight is 412 g/mol. The summed E-state index contributed by atoms with van der Waals surface area (Å²) in [7, 11) is -3.69. The number of amides is 1. The van der Waals surface area contributed by atoms with E-state index in [2.05, 4.69) is 16.4 Å². The topological polar surface area (TPSA) is 82.3 Å². The lowest BCUT2D eigenvalue weighted by Crippen LogP contribution is -2.52. The molecule has 2 N–H and O–H groups in total. The molecular weight excluding hydrogens is 386 g/mol. The molecular formula is C22H25N3O3S. The van der Waals surface area contributed by atoms with Crippen LogP contribution < -0.4 is 5.32 Å². The van der Waals surface area contributed by atoms with Crippen molar-refractivity contribution in [3.05, 3.63) is 66.4 Å². The minimum Gasteiger partial charge on any atom is -0.361 e. The van der Waals surface area contributed by atoms with E-state index in [1.807, 2.05) is 24.4 Å². The van der Waals surface area contributed by atoms with E-state index in [0.29, 0.717) is 25.9 Å². The summed E-state index contributed by atoms with van der Waals surface area (Å²) in [6.45, 7) is 0.841. The first-order valence-corrected chi connectivity index (χ1v) is 11.4. The maximum absolute atomic E-state index is 13.1. The van der Waals surface area contributed by atoms with Gasteiger partial charge in [-0.2, -0.15) is 4.31 Å². The number of rotatable bonds is 6. The number of nitrogens with one attached hydrogen (secondary N) is 2. The Kier molecular flexibility index (Phi) is 5.69. The van der Waals surface area contributed by atoms with Crippen molar-refractivity contribution in [1.29, 1.82) is 0 Å². The molecule has 0 bridgehead atoms. The van der Waals surface area contributed by atoms with Crippen LogP contribution in [-0.4, -0.2) is 42.7 Å². The van der Waals surface area contributed by atoms with E-state index in [9.17, 15) is 13.2 Å². The van der Waals surface area contributed by atoms with Crippen molar-refractivity contribution in [3.63, 3.8) is 0 Å². The number of benzene rings is 2. The summed E-state index contributed by atoms with van der Waals surface area (Å²) in [6.07, 6.45) is 4.81. The summed E-state index contributed by atoms with van der Waals surface area (Å²) in [6, 6.07) is 15.7. The normalized spacial score (nSPS) is 18.0. The molecule has 1 fully saturated rings. The van der Waals surface area contributed by atoms with Gasteiger partial charge in [-0.1, -0.05) is 42.8 Å². The Morgan fingerprint density at radius 3 is 2.66 bits per heavy atom. The smallest absolute Gasteiger partial charge is 0.243 e. The van der Waals surface area contributed by atoms with Gasteiger partial charge in [-0.05, 0) is 43.0 Å². The number of piperidine rings is 1. The van der Waals surface area contributed by atoms with Crippen LogP contribution in [0.4, 0.5) is 0 Å². The van der Waals surface area contributed by atoms with Crippen LogP contribution in [-0.2, 0) is 21.2 Å². The lowest BCUT2D eigenvalue weighted by molar-refractivity contribution is -0.125. The van der Waals surface area contributed by atoms with Crippen molar-refractivity contribution < 1.29 is 13.2 Å². The number of aromatic nitrogens is 1. The summed E-state index contributed by atoms with van der Waals surface area (Å²) >= 11 is 0. The van der Waals surface area contributed by atoms with E-state index in [1.165, 1.54) is 4.31 Å². The summed E-state index contributed by atoms with van der Waals surface area (Å²) in [4.78, 5) is 16.3. The Labute approximate surface area is 171 Å². The quantitative estimate of drug-likeness (QED) is 0.654. The fraction of sp³-hybridized carbons (Fsp3) is 0.318. The monoisotopic (exact) mass is 411 g/mol. The fourth-order valence-corrected chi connectivity index (χ4v) is 5.64. The lowest BCUT2D eigenvalue weighted by Gasteiger charge is -2.33. The third-order valence-electron chi connectivity index (χ3n) is 5.47. The summed E-state index contributed by atoms with van der Waals surface area (Å²) < 4.78 is 27.5. The van der Waals surface area contributed by atoms with Gasteiger partial charge in [0.2, 0.25) is 15.9 Å². The van der Waals surface area contributed by atoms with Gasteiger partial charge < -0.3 is 10.3 Å². The molecule has 2 heterocycles. The van der Waals surface area contributed by atoms with Gasteiger partial charge in [0.25, 0.3) is 0 Å². The van der Waals surface area contributed by atoms with Gasteiger partial charge in [0.15, 0.2) is 0 Å². The number of nitrogens with zero attached hydrogens (tertiary/aromatic N) is 1. The molecule has 1 amide bonds. The van der Waals surface area contributed by atoms with Crippen LogP contribution in [0.25, 0.3) is 10.9 Å². The molecule has 0 radical (unpaired) electrons. The number of H-pyrrole nitrogens is 1. The summed E-state index contributed by atoms with van der Waals surface area (Å²) in [5.74, 6) is -0.218. The van der Waals surface area contributed by atoms with Gasteiger partial charge in [0, 0.05) is 30.2 Å². The van der Waals surface area contributed by atoms with Crippen LogP contribution in [0, 0.1) is 0 Å². The second-order valence-corrected chi connectivity index (χ2v) is 9.23. The molecule has 1 atom stereocenters. The standard InChI is InChI=1S/C22H25N3O3S/c26-22(23-14-13-17-16-24-20-11-5-4-10-19(17)20)21-12-6-7-15-25(21)29(27,28)18-8-2-1-3-9-18/h1-5,8-11,16,21,24H,6-7,12-15H2,(H,23,26). The Bertz CT molecular complexity index is 1090. The Balaban J connectivity index is 1.44. The predicted octanol–water partition coefficient (Wildman–Crippen LogP) is 3.07. The van der Waals surface area contributed by atoms with Crippen molar-refractivity contribution in [2.24, 2.45) is 0 Å². The second-order valence-electron chi connectivity index (χ2n) is 7.34. The van der Waals surface area contributed by atoms with Gasteiger partial charge in [0.05, 0.1) is 4.90 Å². The minimum absolute atomic E-state index is 0.218. The van der Waals surface area contributed by atoms with Crippen LogP contribution in [0.15, 0.2) is 65.7 Å². The predicted molar refractivity (Wildman–Crippen MR) is 113 cm³/mol. The molecule has 6 nitrogen and oxygen atoms in total. The van der Waals surface area contributed by atoms with Gasteiger partial charge in [-0.3, -0.25) is 4.79 Å². The highest BCUT2D eigenvalue weighted by Gasteiger charge is 2.37. The molecule has 29 heavy (non-hydrogen) atoms. The Morgan fingerprint density at radius 2 is 1.83 bits per heavy atom. The van der Waals surface area contributed by atoms with Crippen molar-refractivity contribution in [3.8, 4) is 0 Å². The van der Waals surface area contributed by atoms with Gasteiger partial charge in [-0.25, -0.2) is 8.42 Å². The van der Waals surface area contributed by atoms with Crippen LogP contribution in [0.5, 0.6) is 0 Å². The number of sulfonamides is 1. The Hall–Kier alpha value is -2.64. The Morgan fingerprint density at radius 1 is 1.07 bits per heavy atom. The number of carbonyl (C=O) groups excluding carboxylic acids is 1. The fourth-order valence-electron chi connectivity index (χ4n) is 3.96. The van der Waals surface area contributed by atoms with Gasteiger partial charge in [-0.15, -0.1) is 0 Å². The zero-order chi connectivity index (χ0) is 20.3. The number of carbonyl (C=O) groups is 1. The molecule has 0 spiro atoms. The highest BCUT2D eigenvalue weighted by atomic mass is 32.2. The van der Waals surface area contributed by atoms with Crippen LogP contribution in [0.3, 0.4) is 0 Å². The zero-order valence-electron chi connectivity index (χ0n) is 16.2. The van der Waals surface area contributed by atoms with E-state index in [1.54, 1.807) is 30.3 Å². The third kappa shape index (κ3) is 4.06. The van der Waals surface area contributed by atoms with E-state index in [4.69, 9.17) is 0 Å². The number of hydrogen-bond acceptors (Lipinski definition) is 3. The molecule has 1 aromatic heterocycles. The molecule has 7 heteroatoms. The summed E-state index contributed by atoms with van der Waals surface area (Å²) in [5, 5.41) is 4.10. The number of aromatic amines is 1. The van der Waals surface area contributed by atoms with Gasteiger partial charge >= 0.3 is 0 Å². The number of hydrogen-bond donors (Lipinski definition) is 2. The third-order valence-corrected chi connectivity index (χ3v) is 7.40. The molecule has 0 aliphatic carbocycles. The van der Waals surface area contributed by atoms with Crippen LogP contribution in [0.1, 0.15) is 24.8 Å². The van der Waals surface area contributed by atoms with E-state index < -0.39 is 16.1 Å². The first kappa shape index (κ1) is 19.7. The van der Waals surface area contributed by atoms with E-state index in [0.717, 1.165) is 29.3 Å². The van der Waals surface area contributed by atoms with Crippen LogP contribution in [0.2, 0.25) is 0 Å². The SMILES string of the molecule is O=C(NCCc1c[nH]c2ccccc12)C1CCCCN1S(=O)(=O)c1ccccc1. The van der Waals surface area contributed by atoms with Gasteiger partial charge in [0.1, 0.15) is 6.04 Å². The van der Waals surface area contributed by atoms with Crippen molar-refractivity contribution in [1.82, 2.24) is 14.6 Å². The number of para-hydroxylation sites is 1. The molecule has 1 unspecified atom stereocenters.